The SMILES string of the molecule is Cc1cc(S(=O)(=O)NC2(C3CCCOC3)CC2)ccc1C(=O)O. The summed E-state index contributed by atoms with van der Waals surface area (Å²) >= 11 is 0. The molecule has 1 heterocycles. The third-order valence-corrected chi connectivity index (χ3v) is 6.36. The van der Waals surface area contributed by atoms with Gasteiger partial charge in [-0.25, -0.2) is 17.9 Å². The van der Waals surface area contributed by atoms with Crippen molar-refractivity contribution in [1.82, 2.24) is 4.72 Å². The number of hydrogen-bond acceptors (Lipinski definition) is 4. The average molecular weight is 339 g/mol. The molecule has 1 aliphatic heterocycles. The van der Waals surface area contributed by atoms with Gasteiger partial charge in [-0.2, -0.15) is 0 Å². The Morgan fingerprint density at radius 2 is 2.13 bits per heavy atom. The van der Waals surface area contributed by atoms with E-state index in [1.807, 2.05) is 0 Å². The van der Waals surface area contributed by atoms with Gasteiger partial charge in [0.2, 0.25) is 10.0 Å². The second-order valence-electron chi connectivity index (χ2n) is 6.46. The Bertz CT molecular complexity index is 718. The van der Waals surface area contributed by atoms with Crippen LogP contribution in [0.15, 0.2) is 23.1 Å². The number of carbonyl (C=O) groups is 1. The van der Waals surface area contributed by atoms with Crippen LogP contribution in [-0.2, 0) is 14.8 Å². The average Bonchev–Trinajstić information content (AvgIpc) is 3.28. The van der Waals surface area contributed by atoms with E-state index >= 15 is 0 Å². The summed E-state index contributed by atoms with van der Waals surface area (Å²) in [5, 5.41) is 9.05. The molecular formula is C16H21NO5S. The van der Waals surface area contributed by atoms with Crippen molar-refractivity contribution in [3.8, 4) is 0 Å². The van der Waals surface area contributed by atoms with Crippen molar-refractivity contribution >= 4 is 16.0 Å². The molecule has 2 N–H and O–H groups in total. The maximum atomic E-state index is 12.7. The summed E-state index contributed by atoms with van der Waals surface area (Å²) in [4.78, 5) is 11.2. The van der Waals surface area contributed by atoms with Crippen LogP contribution in [0.3, 0.4) is 0 Å². The summed E-state index contributed by atoms with van der Waals surface area (Å²) in [5.41, 5.74) is 0.163. The van der Waals surface area contributed by atoms with Gasteiger partial charge in [0, 0.05) is 18.1 Å². The normalized spacial score (nSPS) is 23.4. The molecule has 0 amide bonds. The van der Waals surface area contributed by atoms with E-state index in [0.717, 1.165) is 32.3 Å². The zero-order chi connectivity index (χ0) is 16.7. The number of carboxylic acids is 1. The largest absolute Gasteiger partial charge is 0.478 e. The number of aromatic carboxylic acids is 1. The Morgan fingerprint density at radius 1 is 1.39 bits per heavy atom. The number of carboxylic acid groups (broad SMARTS) is 1. The van der Waals surface area contributed by atoms with Crippen molar-refractivity contribution < 1.29 is 23.1 Å². The minimum absolute atomic E-state index is 0.114. The maximum Gasteiger partial charge on any atom is 0.335 e. The highest BCUT2D eigenvalue weighted by atomic mass is 32.2. The van der Waals surface area contributed by atoms with Gasteiger partial charge in [0.25, 0.3) is 0 Å². The van der Waals surface area contributed by atoms with Crippen LogP contribution >= 0.6 is 0 Å². The fourth-order valence-corrected chi connectivity index (χ4v) is 4.88. The highest BCUT2D eigenvalue weighted by molar-refractivity contribution is 7.89. The molecule has 1 aromatic rings. The molecule has 7 heteroatoms. The molecular weight excluding hydrogens is 318 g/mol. The van der Waals surface area contributed by atoms with Gasteiger partial charge in [0.15, 0.2) is 0 Å². The monoisotopic (exact) mass is 339 g/mol. The molecule has 3 rings (SSSR count). The molecule has 1 unspecified atom stereocenters. The number of rotatable bonds is 5. The Morgan fingerprint density at radius 3 is 2.65 bits per heavy atom. The van der Waals surface area contributed by atoms with Crippen molar-refractivity contribution in [2.45, 2.75) is 43.0 Å². The van der Waals surface area contributed by atoms with E-state index in [0.29, 0.717) is 12.2 Å². The molecule has 0 radical (unpaired) electrons. The van der Waals surface area contributed by atoms with E-state index in [1.54, 1.807) is 6.92 Å². The van der Waals surface area contributed by atoms with Gasteiger partial charge in [-0.1, -0.05) is 0 Å². The van der Waals surface area contributed by atoms with Crippen LogP contribution in [0.1, 0.15) is 41.6 Å². The van der Waals surface area contributed by atoms with Gasteiger partial charge in [0.1, 0.15) is 0 Å². The number of ether oxygens (including phenoxy) is 1. The molecule has 0 bridgehead atoms. The van der Waals surface area contributed by atoms with E-state index in [9.17, 15) is 13.2 Å². The lowest BCUT2D eigenvalue weighted by Crippen LogP contribution is -2.45. The summed E-state index contributed by atoms with van der Waals surface area (Å²) < 4.78 is 33.7. The number of hydrogen-bond donors (Lipinski definition) is 2. The fraction of sp³-hybridized carbons (Fsp3) is 0.562. The first-order valence-electron chi connectivity index (χ1n) is 7.80. The first-order valence-corrected chi connectivity index (χ1v) is 9.28. The summed E-state index contributed by atoms with van der Waals surface area (Å²) in [6.45, 7) is 2.94. The van der Waals surface area contributed by atoms with Crippen LogP contribution in [0.25, 0.3) is 0 Å². The molecule has 126 valence electrons. The molecule has 1 aromatic carbocycles. The maximum absolute atomic E-state index is 12.7. The molecule has 1 aliphatic carbocycles. The lowest BCUT2D eigenvalue weighted by Gasteiger charge is -2.30. The molecule has 23 heavy (non-hydrogen) atoms. The molecule has 1 saturated heterocycles. The van der Waals surface area contributed by atoms with Gasteiger partial charge in [0.05, 0.1) is 17.1 Å². The smallest absolute Gasteiger partial charge is 0.335 e. The topological polar surface area (TPSA) is 92.7 Å². The Labute approximate surface area is 135 Å². The van der Waals surface area contributed by atoms with Crippen LogP contribution in [0.5, 0.6) is 0 Å². The molecule has 1 saturated carbocycles. The fourth-order valence-electron chi connectivity index (χ4n) is 3.27. The minimum Gasteiger partial charge on any atom is -0.478 e. The first-order chi connectivity index (χ1) is 10.8. The first kappa shape index (κ1) is 16.4. The van der Waals surface area contributed by atoms with Gasteiger partial charge in [-0.15, -0.1) is 0 Å². The second kappa shape index (κ2) is 5.89. The van der Waals surface area contributed by atoms with E-state index in [4.69, 9.17) is 9.84 Å². The van der Waals surface area contributed by atoms with Gasteiger partial charge in [-0.3, -0.25) is 0 Å². The van der Waals surface area contributed by atoms with Crippen molar-refractivity contribution in [3.63, 3.8) is 0 Å². The predicted molar refractivity (Wildman–Crippen MR) is 84.0 cm³/mol. The lowest BCUT2D eigenvalue weighted by molar-refractivity contribution is 0.0383. The Kier molecular flexibility index (Phi) is 4.20. The van der Waals surface area contributed by atoms with E-state index in [-0.39, 0.29) is 16.4 Å². The minimum atomic E-state index is -3.67. The summed E-state index contributed by atoms with van der Waals surface area (Å²) in [6.07, 6.45) is 3.58. The van der Waals surface area contributed by atoms with E-state index in [2.05, 4.69) is 4.72 Å². The quantitative estimate of drug-likeness (QED) is 0.855. The third-order valence-electron chi connectivity index (χ3n) is 4.81. The third kappa shape index (κ3) is 3.27. The zero-order valence-electron chi connectivity index (χ0n) is 13.0. The summed E-state index contributed by atoms with van der Waals surface area (Å²) in [6, 6.07) is 4.11. The summed E-state index contributed by atoms with van der Waals surface area (Å²) in [5.74, 6) is -0.845. The molecule has 0 aromatic heterocycles. The summed E-state index contributed by atoms with van der Waals surface area (Å²) in [7, 11) is -3.67. The highest BCUT2D eigenvalue weighted by Gasteiger charge is 2.52. The van der Waals surface area contributed by atoms with Crippen LogP contribution in [0.4, 0.5) is 0 Å². The van der Waals surface area contributed by atoms with Crippen molar-refractivity contribution in [2.24, 2.45) is 5.92 Å². The van der Waals surface area contributed by atoms with Gasteiger partial charge in [-0.05, 0) is 56.4 Å². The lowest BCUT2D eigenvalue weighted by atomic mass is 9.92. The van der Waals surface area contributed by atoms with Crippen LogP contribution < -0.4 is 4.72 Å². The van der Waals surface area contributed by atoms with Crippen LogP contribution in [0, 0.1) is 12.8 Å². The van der Waals surface area contributed by atoms with Crippen LogP contribution in [-0.4, -0.2) is 38.2 Å². The molecule has 0 spiro atoms. The number of nitrogens with one attached hydrogen (secondary N) is 1. The standard InChI is InChI=1S/C16H21NO5S/c1-11-9-13(4-5-14(11)15(18)19)23(20,21)17-16(6-7-16)12-3-2-8-22-10-12/h4-5,9,12,17H,2-3,6-8,10H2,1H3,(H,18,19). The molecule has 1 atom stereocenters. The zero-order valence-corrected chi connectivity index (χ0v) is 13.9. The number of benzene rings is 1. The van der Waals surface area contributed by atoms with E-state index in [1.165, 1.54) is 18.2 Å². The van der Waals surface area contributed by atoms with Crippen molar-refractivity contribution in [2.75, 3.05) is 13.2 Å². The molecule has 6 nitrogen and oxygen atoms in total. The van der Waals surface area contributed by atoms with Crippen molar-refractivity contribution in [3.05, 3.63) is 29.3 Å². The second-order valence-corrected chi connectivity index (χ2v) is 8.14. The Hall–Kier alpha value is -1.44. The van der Waals surface area contributed by atoms with Crippen LogP contribution in [0.2, 0.25) is 0 Å². The van der Waals surface area contributed by atoms with Gasteiger partial charge >= 0.3 is 5.97 Å². The number of aryl methyl sites for hydroxylation is 1. The number of sulfonamides is 1. The Balaban J connectivity index is 1.82. The van der Waals surface area contributed by atoms with E-state index < -0.39 is 21.5 Å². The molecule has 2 fully saturated rings. The predicted octanol–water partition coefficient (Wildman–Crippen LogP) is 1.93. The van der Waals surface area contributed by atoms with Gasteiger partial charge < -0.3 is 9.84 Å². The molecule has 2 aliphatic rings. The highest BCUT2D eigenvalue weighted by Crippen LogP contribution is 2.46. The van der Waals surface area contributed by atoms with Crippen molar-refractivity contribution in [1.29, 1.82) is 0 Å².